The van der Waals surface area contributed by atoms with E-state index in [0.29, 0.717) is 4.47 Å². The molecule has 72 valence electrons. The van der Waals surface area contributed by atoms with E-state index in [1.807, 2.05) is 6.92 Å². The molecular weight excluding hydrogens is 246 g/mol. The van der Waals surface area contributed by atoms with Crippen LogP contribution in [-0.4, -0.2) is 10.9 Å². The van der Waals surface area contributed by atoms with E-state index in [4.69, 9.17) is 5.26 Å². The first-order valence-corrected chi connectivity index (χ1v) is 4.75. The molecule has 14 heavy (non-hydrogen) atoms. The van der Waals surface area contributed by atoms with Gasteiger partial charge in [-0.25, -0.2) is 0 Å². The molecule has 0 radical (unpaired) electrons. The number of hydrogen-bond donors (Lipinski definition) is 1. The number of halogens is 1. The molecule has 0 saturated heterocycles. The average molecular weight is 254 g/mol. The third-order valence-corrected chi connectivity index (χ3v) is 2.35. The summed E-state index contributed by atoms with van der Waals surface area (Å²) >= 11 is 3.13. The van der Waals surface area contributed by atoms with Crippen molar-refractivity contribution in [3.63, 3.8) is 0 Å². The monoisotopic (exact) mass is 253 g/mol. The number of nitrogens with zero attached hydrogens (tertiary/aromatic N) is 1. The van der Waals surface area contributed by atoms with E-state index < -0.39 is 0 Å². The Bertz CT molecular complexity index is 421. The number of benzene rings is 1. The predicted molar refractivity (Wildman–Crippen MR) is 55.1 cm³/mol. The largest absolute Gasteiger partial charge is 0.506 e. The van der Waals surface area contributed by atoms with Gasteiger partial charge in [-0.3, -0.25) is 4.79 Å². The molecule has 0 heterocycles. The van der Waals surface area contributed by atoms with Gasteiger partial charge in [0, 0.05) is 0 Å². The van der Waals surface area contributed by atoms with E-state index in [1.54, 1.807) is 18.2 Å². The zero-order valence-corrected chi connectivity index (χ0v) is 9.13. The second-order valence-electron chi connectivity index (χ2n) is 2.90. The molecule has 0 aliphatic heterocycles. The van der Waals surface area contributed by atoms with Crippen molar-refractivity contribution in [1.82, 2.24) is 0 Å². The number of Topliss-reactive ketones (excluding diaryl/α,β-unsaturated/α-hetero) is 1. The highest BCUT2D eigenvalue weighted by atomic mass is 79.9. The number of phenols is 1. The van der Waals surface area contributed by atoms with E-state index in [-0.39, 0.29) is 23.5 Å². The summed E-state index contributed by atoms with van der Waals surface area (Å²) in [5, 5.41) is 17.9. The van der Waals surface area contributed by atoms with E-state index >= 15 is 0 Å². The number of nitriles is 1. The first kappa shape index (κ1) is 10.7. The molecule has 1 rings (SSSR count). The van der Waals surface area contributed by atoms with Crippen molar-refractivity contribution < 1.29 is 9.90 Å². The summed E-state index contributed by atoms with van der Waals surface area (Å²) in [5.41, 5.74) is 1.05. The molecule has 1 N–H and O–H groups in total. The van der Waals surface area contributed by atoms with Crippen LogP contribution in [0.1, 0.15) is 22.3 Å². The van der Waals surface area contributed by atoms with Gasteiger partial charge in [-0.05, 0) is 40.5 Å². The van der Waals surface area contributed by atoms with Crippen LogP contribution in [0.2, 0.25) is 0 Å². The topological polar surface area (TPSA) is 61.1 Å². The summed E-state index contributed by atoms with van der Waals surface area (Å²) in [7, 11) is 0. The molecule has 0 atom stereocenters. The van der Waals surface area contributed by atoms with Gasteiger partial charge in [-0.2, -0.15) is 5.26 Å². The minimum atomic E-state index is -0.366. The second kappa shape index (κ2) is 4.25. The van der Waals surface area contributed by atoms with Crippen LogP contribution < -0.4 is 0 Å². The smallest absolute Gasteiger partial charge is 0.180 e. The normalized spacial score (nSPS) is 9.50. The lowest BCUT2D eigenvalue weighted by atomic mass is 10.1. The fraction of sp³-hybridized carbons (Fsp3) is 0.200. The summed E-state index contributed by atoms with van der Waals surface area (Å²) in [5.74, 6) is -0.467. The van der Waals surface area contributed by atoms with Crippen molar-refractivity contribution in [3.05, 3.63) is 27.7 Å². The predicted octanol–water partition coefficient (Wildman–Crippen LogP) is 2.56. The zero-order valence-electron chi connectivity index (χ0n) is 7.54. The number of aryl methyl sites for hydroxylation is 1. The molecule has 0 aromatic heterocycles. The highest BCUT2D eigenvalue weighted by molar-refractivity contribution is 9.10. The Morgan fingerprint density at radius 1 is 1.64 bits per heavy atom. The van der Waals surface area contributed by atoms with E-state index in [0.717, 1.165) is 5.56 Å². The fourth-order valence-electron chi connectivity index (χ4n) is 1.11. The van der Waals surface area contributed by atoms with Crippen molar-refractivity contribution >= 4 is 21.7 Å². The Morgan fingerprint density at radius 2 is 2.29 bits per heavy atom. The lowest BCUT2D eigenvalue weighted by Gasteiger charge is -2.04. The van der Waals surface area contributed by atoms with E-state index in [2.05, 4.69) is 15.9 Å². The number of carbonyl (C=O) groups is 1. The number of hydrogen-bond acceptors (Lipinski definition) is 3. The first-order valence-electron chi connectivity index (χ1n) is 3.95. The summed E-state index contributed by atoms with van der Waals surface area (Å²) in [4.78, 5) is 11.4. The molecule has 0 bridgehead atoms. The fourth-order valence-corrected chi connectivity index (χ4v) is 1.69. The van der Waals surface area contributed by atoms with Gasteiger partial charge >= 0.3 is 0 Å². The average Bonchev–Trinajstić information content (AvgIpc) is 2.11. The SMILES string of the molecule is Cc1cc(Br)c(O)c(C(=O)CC#N)c1. The molecule has 1 aromatic rings. The van der Waals surface area contributed by atoms with Crippen LogP contribution in [0.4, 0.5) is 0 Å². The quantitative estimate of drug-likeness (QED) is 0.825. The van der Waals surface area contributed by atoms with Crippen LogP contribution >= 0.6 is 15.9 Å². The maximum atomic E-state index is 11.4. The summed E-state index contributed by atoms with van der Waals surface area (Å²) < 4.78 is 0.471. The number of ketones is 1. The van der Waals surface area contributed by atoms with Gasteiger partial charge in [0.05, 0.1) is 22.5 Å². The Balaban J connectivity index is 3.21. The number of aromatic hydroxyl groups is 1. The molecule has 0 unspecified atom stereocenters. The lowest BCUT2D eigenvalue weighted by molar-refractivity contribution is 0.0995. The number of carbonyl (C=O) groups excluding carboxylic acids is 1. The van der Waals surface area contributed by atoms with Crippen molar-refractivity contribution in [2.24, 2.45) is 0 Å². The zero-order chi connectivity index (χ0) is 10.7. The van der Waals surface area contributed by atoms with E-state index in [1.165, 1.54) is 0 Å². The van der Waals surface area contributed by atoms with Crippen LogP contribution in [0.25, 0.3) is 0 Å². The maximum Gasteiger partial charge on any atom is 0.180 e. The Labute approximate surface area is 90.1 Å². The molecule has 1 aromatic carbocycles. The van der Waals surface area contributed by atoms with Crippen LogP contribution in [0.5, 0.6) is 5.75 Å². The Morgan fingerprint density at radius 3 is 2.86 bits per heavy atom. The highest BCUT2D eigenvalue weighted by Crippen LogP contribution is 2.29. The third kappa shape index (κ3) is 2.12. The van der Waals surface area contributed by atoms with Gasteiger partial charge in [-0.15, -0.1) is 0 Å². The molecule has 0 spiro atoms. The molecule has 3 nitrogen and oxygen atoms in total. The van der Waals surface area contributed by atoms with Crippen LogP contribution in [0.15, 0.2) is 16.6 Å². The summed E-state index contributed by atoms with van der Waals surface area (Å²) in [6.07, 6.45) is -0.219. The van der Waals surface area contributed by atoms with Gasteiger partial charge in [0.25, 0.3) is 0 Å². The molecule has 0 saturated carbocycles. The van der Waals surface area contributed by atoms with Crippen molar-refractivity contribution in [1.29, 1.82) is 5.26 Å². The Hall–Kier alpha value is -1.34. The van der Waals surface area contributed by atoms with Crippen LogP contribution in [0, 0.1) is 18.3 Å². The molecule has 0 aliphatic carbocycles. The van der Waals surface area contributed by atoms with Crippen molar-refractivity contribution in [2.75, 3.05) is 0 Å². The standard InChI is InChI=1S/C10H8BrNO2/c1-6-4-7(9(13)2-3-12)10(14)8(11)5-6/h4-5,14H,2H2,1H3. The molecule has 0 aliphatic rings. The van der Waals surface area contributed by atoms with Gasteiger partial charge in [0.15, 0.2) is 5.78 Å². The molecule has 0 fully saturated rings. The van der Waals surface area contributed by atoms with Crippen LogP contribution in [-0.2, 0) is 0 Å². The minimum absolute atomic E-state index is 0.101. The lowest BCUT2D eigenvalue weighted by Crippen LogP contribution is -1.98. The van der Waals surface area contributed by atoms with E-state index in [9.17, 15) is 9.90 Å². The van der Waals surface area contributed by atoms with Gasteiger partial charge in [0.1, 0.15) is 5.75 Å². The Kier molecular flexibility index (Phi) is 3.26. The van der Waals surface area contributed by atoms with Gasteiger partial charge in [0.2, 0.25) is 0 Å². The van der Waals surface area contributed by atoms with Crippen molar-refractivity contribution in [2.45, 2.75) is 13.3 Å². The second-order valence-corrected chi connectivity index (χ2v) is 3.76. The first-order chi connectivity index (χ1) is 6.56. The maximum absolute atomic E-state index is 11.4. The summed E-state index contributed by atoms with van der Waals surface area (Å²) in [6, 6.07) is 5.03. The minimum Gasteiger partial charge on any atom is -0.506 e. The molecule has 4 heteroatoms. The number of phenolic OH excluding ortho intramolecular Hbond substituents is 1. The summed E-state index contributed by atoms with van der Waals surface area (Å²) in [6.45, 7) is 1.81. The molecule has 0 amide bonds. The highest BCUT2D eigenvalue weighted by Gasteiger charge is 2.13. The van der Waals surface area contributed by atoms with Crippen molar-refractivity contribution in [3.8, 4) is 11.8 Å². The molecular formula is C10H8BrNO2. The third-order valence-electron chi connectivity index (χ3n) is 1.75. The van der Waals surface area contributed by atoms with Gasteiger partial charge < -0.3 is 5.11 Å². The van der Waals surface area contributed by atoms with Crippen LogP contribution in [0.3, 0.4) is 0 Å². The van der Waals surface area contributed by atoms with Gasteiger partial charge in [-0.1, -0.05) is 0 Å². The number of rotatable bonds is 2.